The van der Waals surface area contributed by atoms with E-state index >= 15 is 0 Å². The number of rotatable bonds is 2. The first-order valence-electron chi connectivity index (χ1n) is 4.61. The average molecular weight is 166 g/mol. The zero-order chi connectivity index (χ0) is 8.97. The summed E-state index contributed by atoms with van der Waals surface area (Å²) in [5.74, 6) is 1.35. The van der Waals surface area contributed by atoms with Crippen molar-refractivity contribution >= 4 is 0 Å². The Morgan fingerprint density at radius 1 is 1.58 bits per heavy atom. The van der Waals surface area contributed by atoms with Crippen LogP contribution in [0.2, 0.25) is 0 Å². The summed E-state index contributed by atoms with van der Waals surface area (Å²) in [6.45, 7) is 4.49. The van der Waals surface area contributed by atoms with E-state index in [0.717, 1.165) is 0 Å². The SMILES string of the molecule is COC=CC1CCC(C)=CC1C. The third-order valence-electron chi connectivity index (χ3n) is 2.56. The first-order valence-corrected chi connectivity index (χ1v) is 4.61. The van der Waals surface area contributed by atoms with Crippen molar-refractivity contribution in [2.24, 2.45) is 11.8 Å². The van der Waals surface area contributed by atoms with Gasteiger partial charge in [0.2, 0.25) is 0 Å². The van der Waals surface area contributed by atoms with E-state index in [-0.39, 0.29) is 0 Å². The summed E-state index contributed by atoms with van der Waals surface area (Å²) < 4.78 is 4.92. The summed E-state index contributed by atoms with van der Waals surface area (Å²) in [4.78, 5) is 0. The maximum atomic E-state index is 4.92. The molecule has 1 aliphatic rings. The molecule has 0 saturated heterocycles. The predicted molar refractivity (Wildman–Crippen MR) is 51.8 cm³/mol. The maximum Gasteiger partial charge on any atom is 0.0787 e. The molecule has 0 saturated carbocycles. The van der Waals surface area contributed by atoms with Gasteiger partial charge in [0.1, 0.15) is 0 Å². The van der Waals surface area contributed by atoms with Crippen molar-refractivity contribution in [3.05, 3.63) is 24.0 Å². The molecule has 2 unspecified atom stereocenters. The summed E-state index contributed by atoms with van der Waals surface area (Å²) in [5, 5.41) is 0. The summed E-state index contributed by atoms with van der Waals surface area (Å²) in [5.41, 5.74) is 1.53. The quantitative estimate of drug-likeness (QED) is 0.452. The van der Waals surface area contributed by atoms with E-state index in [1.54, 1.807) is 13.4 Å². The maximum absolute atomic E-state index is 4.92. The lowest BCUT2D eigenvalue weighted by Gasteiger charge is -2.23. The van der Waals surface area contributed by atoms with Crippen molar-refractivity contribution in [1.82, 2.24) is 0 Å². The lowest BCUT2D eigenvalue weighted by Crippen LogP contribution is -2.12. The van der Waals surface area contributed by atoms with Gasteiger partial charge in [0, 0.05) is 0 Å². The Kier molecular flexibility index (Phi) is 3.39. The van der Waals surface area contributed by atoms with Crippen LogP contribution in [0.25, 0.3) is 0 Å². The van der Waals surface area contributed by atoms with Crippen LogP contribution >= 0.6 is 0 Å². The van der Waals surface area contributed by atoms with Crippen LogP contribution in [0, 0.1) is 11.8 Å². The molecule has 0 fully saturated rings. The Balaban J connectivity index is 2.53. The van der Waals surface area contributed by atoms with Gasteiger partial charge in [-0.1, -0.05) is 18.6 Å². The number of hydrogen-bond acceptors (Lipinski definition) is 1. The van der Waals surface area contributed by atoms with E-state index in [4.69, 9.17) is 4.74 Å². The summed E-state index contributed by atoms with van der Waals surface area (Å²) >= 11 is 0. The highest BCUT2D eigenvalue weighted by Gasteiger charge is 2.16. The third kappa shape index (κ3) is 2.40. The highest BCUT2D eigenvalue weighted by molar-refractivity contribution is 5.09. The molecule has 12 heavy (non-hydrogen) atoms. The second kappa shape index (κ2) is 4.34. The average Bonchev–Trinajstić information content (AvgIpc) is 2.03. The van der Waals surface area contributed by atoms with Crippen LogP contribution in [0.3, 0.4) is 0 Å². The van der Waals surface area contributed by atoms with Gasteiger partial charge >= 0.3 is 0 Å². The van der Waals surface area contributed by atoms with Gasteiger partial charge in [0.05, 0.1) is 13.4 Å². The van der Waals surface area contributed by atoms with Gasteiger partial charge in [-0.3, -0.25) is 0 Å². The van der Waals surface area contributed by atoms with Crippen molar-refractivity contribution < 1.29 is 4.74 Å². The molecule has 0 bridgehead atoms. The first kappa shape index (κ1) is 9.37. The number of hydrogen-bond donors (Lipinski definition) is 0. The molecule has 1 aliphatic carbocycles. The second-order valence-electron chi connectivity index (χ2n) is 3.64. The minimum atomic E-state index is 0.671. The summed E-state index contributed by atoms with van der Waals surface area (Å²) in [6, 6.07) is 0. The van der Waals surface area contributed by atoms with Crippen LogP contribution in [-0.2, 0) is 4.74 Å². The van der Waals surface area contributed by atoms with Gasteiger partial charge < -0.3 is 4.74 Å². The highest BCUT2D eigenvalue weighted by atomic mass is 16.5. The van der Waals surface area contributed by atoms with E-state index in [1.807, 2.05) is 0 Å². The molecule has 0 amide bonds. The predicted octanol–water partition coefficient (Wildman–Crippen LogP) is 3.14. The van der Waals surface area contributed by atoms with Crippen molar-refractivity contribution in [3.8, 4) is 0 Å². The molecule has 2 atom stereocenters. The molecule has 0 N–H and O–H groups in total. The Bertz CT molecular complexity index is 191. The van der Waals surface area contributed by atoms with Gasteiger partial charge in [-0.05, 0) is 37.7 Å². The first-order chi connectivity index (χ1) is 5.74. The van der Waals surface area contributed by atoms with Crippen LogP contribution in [-0.4, -0.2) is 7.11 Å². The Hall–Kier alpha value is -0.720. The molecule has 0 aromatic heterocycles. The van der Waals surface area contributed by atoms with E-state index in [2.05, 4.69) is 26.0 Å². The lowest BCUT2D eigenvalue weighted by atomic mass is 9.82. The molecule has 0 spiro atoms. The molecule has 1 rings (SSSR count). The van der Waals surface area contributed by atoms with Gasteiger partial charge in [-0.2, -0.15) is 0 Å². The van der Waals surface area contributed by atoms with E-state index in [0.29, 0.717) is 11.8 Å². The monoisotopic (exact) mass is 166 g/mol. The van der Waals surface area contributed by atoms with Crippen LogP contribution in [0.4, 0.5) is 0 Å². The Morgan fingerprint density at radius 3 is 2.92 bits per heavy atom. The molecule has 1 nitrogen and oxygen atoms in total. The third-order valence-corrected chi connectivity index (χ3v) is 2.56. The smallest absolute Gasteiger partial charge is 0.0787 e. The Labute approximate surface area is 75.1 Å². The largest absolute Gasteiger partial charge is 0.505 e. The van der Waals surface area contributed by atoms with Crippen LogP contribution in [0.1, 0.15) is 26.7 Å². The molecule has 0 heterocycles. The number of allylic oxidation sites excluding steroid dienone is 3. The van der Waals surface area contributed by atoms with Crippen molar-refractivity contribution in [1.29, 1.82) is 0 Å². The zero-order valence-electron chi connectivity index (χ0n) is 8.21. The van der Waals surface area contributed by atoms with E-state index < -0.39 is 0 Å². The van der Waals surface area contributed by atoms with Crippen LogP contribution in [0.15, 0.2) is 24.0 Å². The molecule has 0 aromatic rings. The van der Waals surface area contributed by atoms with Crippen molar-refractivity contribution in [3.63, 3.8) is 0 Å². The number of methoxy groups -OCH3 is 1. The zero-order valence-corrected chi connectivity index (χ0v) is 8.21. The minimum absolute atomic E-state index is 0.671. The summed E-state index contributed by atoms with van der Waals surface area (Å²) in [7, 11) is 1.70. The van der Waals surface area contributed by atoms with Gasteiger partial charge in [-0.25, -0.2) is 0 Å². The van der Waals surface area contributed by atoms with Gasteiger partial charge in [0.25, 0.3) is 0 Å². The molecule has 0 aromatic carbocycles. The van der Waals surface area contributed by atoms with E-state index in [1.165, 1.54) is 18.4 Å². The fraction of sp³-hybridized carbons (Fsp3) is 0.636. The van der Waals surface area contributed by atoms with Crippen molar-refractivity contribution in [2.45, 2.75) is 26.7 Å². The molecule has 0 aliphatic heterocycles. The van der Waals surface area contributed by atoms with Gasteiger partial charge in [-0.15, -0.1) is 0 Å². The second-order valence-corrected chi connectivity index (χ2v) is 3.64. The molecular weight excluding hydrogens is 148 g/mol. The summed E-state index contributed by atoms with van der Waals surface area (Å²) in [6.07, 6.45) is 8.85. The highest BCUT2D eigenvalue weighted by Crippen LogP contribution is 2.28. The van der Waals surface area contributed by atoms with E-state index in [9.17, 15) is 0 Å². The fourth-order valence-electron chi connectivity index (χ4n) is 1.76. The number of ether oxygens (including phenoxy) is 1. The topological polar surface area (TPSA) is 9.23 Å². The van der Waals surface area contributed by atoms with Crippen LogP contribution < -0.4 is 0 Å². The molecule has 0 radical (unpaired) electrons. The lowest BCUT2D eigenvalue weighted by molar-refractivity contribution is 0.327. The Morgan fingerprint density at radius 2 is 2.33 bits per heavy atom. The van der Waals surface area contributed by atoms with Crippen LogP contribution in [0.5, 0.6) is 0 Å². The molecule has 1 heteroatoms. The normalized spacial score (nSPS) is 30.4. The standard InChI is InChI=1S/C11H18O/c1-9-4-5-11(6-7-12-3)10(2)8-9/h6-8,10-11H,4-5H2,1-3H3. The minimum Gasteiger partial charge on any atom is -0.505 e. The fourth-order valence-corrected chi connectivity index (χ4v) is 1.76. The molecule has 68 valence electrons. The van der Waals surface area contributed by atoms with Gasteiger partial charge in [0.15, 0.2) is 0 Å². The molecular formula is C11H18O. The van der Waals surface area contributed by atoms with Crippen molar-refractivity contribution in [2.75, 3.05) is 7.11 Å².